The summed E-state index contributed by atoms with van der Waals surface area (Å²) in [4.78, 5) is 17.5. The van der Waals surface area contributed by atoms with Gasteiger partial charge in [-0.1, -0.05) is 18.2 Å². The van der Waals surface area contributed by atoms with E-state index < -0.39 is 0 Å². The fraction of sp³-hybridized carbons (Fsp3) is 0.273. The maximum atomic E-state index is 13.0. The third-order valence-corrected chi connectivity index (χ3v) is 5.22. The predicted octanol–water partition coefficient (Wildman–Crippen LogP) is 3.98. The molecule has 1 aliphatic carbocycles. The van der Waals surface area contributed by atoms with Crippen LogP contribution in [0.1, 0.15) is 34.3 Å². The summed E-state index contributed by atoms with van der Waals surface area (Å²) in [5.41, 5.74) is 3.19. The summed E-state index contributed by atoms with van der Waals surface area (Å²) in [6, 6.07) is 15.4. The van der Waals surface area contributed by atoms with Crippen LogP contribution in [0.5, 0.6) is 11.6 Å². The Morgan fingerprint density at radius 2 is 1.89 bits per heavy atom. The third kappa shape index (κ3) is 3.10. The zero-order chi connectivity index (χ0) is 19.0. The first-order valence-corrected chi connectivity index (χ1v) is 8.98. The standard InChI is InChI=1S/C22H22N2O3/c1-14-7-8-15(26-2)13-17(14)21(25)24-22(11-12-22)18-5-4-6-19-16(18)9-10-20(23-19)27-3/h4-10,13H,11-12H2,1-3H3,(H,24,25). The lowest BCUT2D eigenvalue weighted by Crippen LogP contribution is -2.35. The zero-order valence-corrected chi connectivity index (χ0v) is 15.7. The number of fused-ring (bicyclic) bond motifs is 1. The number of aryl methyl sites for hydroxylation is 1. The molecule has 1 amide bonds. The molecule has 0 saturated heterocycles. The molecule has 0 aliphatic heterocycles. The molecular formula is C22H22N2O3. The van der Waals surface area contributed by atoms with Gasteiger partial charge >= 0.3 is 0 Å². The van der Waals surface area contributed by atoms with Gasteiger partial charge in [-0.2, -0.15) is 0 Å². The molecular weight excluding hydrogens is 340 g/mol. The van der Waals surface area contributed by atoms with Crippen LogP contribution in [0.25, 0.3) is 10.9 Å². The van der Waals surface area contributed by atoms with E-state index in [-0.39, 0.29) is 11.4 Å². The summed E-state index contributed by atoms with van der Waals surface area (Å²) >= 11 is 0. The van der Waals surface area contributed by atoms with Gasteiger partial charge in [0.25, 0.3) is 5.91 Å². The Labute approximate surface area is 158 Å². The predicted molar refractivity (Wildman–Crippen MR) is 104 cm³/mol. The number of carbonyl (C=O) groups is 1. The molecule has 2 aromatic carbocycles. The van der Waals surface area contributed by atoms with E-state index in [1.807, 2.05) is 43.3 Å². The molecule has 5 heteroatoms. The highest BCUT2D eigenvalue weighted by Gasteiger charge is 2.46. The topological polar surface area (TPSA) is 60.5 Å². The van der Waals surface area contributed by atoms with Crippen LogP contribution < -0.4 is 14.8 Å². The smallest absolute Gasteiger partial charge is 0.252 e. The monoisotopic (exact) mass is 362 g/mol. The van der Waals surface area contributed by atoms with Crippen LogP contribution in [0.2, 0.25) is 0 Å². The molecule has 0 atom stereocenters. The van der Waals surface area contributed by atoms with Crippen molar-refractivity contribution in [3.8, 4) is 11.6 Å². The van der Waals surface area contributed by atoms with Gasteiger partial charge in [0.1, 0.15) is 5.75 Å². The molecule has 27 heavy (non-hydrogen) atoms. The van der Waals surface area contributed by atoms with E-state index in [4.69, 9.17) is 9.47 Å². The van der Waals surface area contributed by atoms with Crippen molar-refractivity contribution in [1.82, 2.24) is 10.3 Å². The minimum atomic E-state index is -0.345. The molecule has 1 N–H and O–H groups in total. The molecule has 0 radical (unpaired) electrons. The minimum absolute atomic E-state index is 0.0811. The summed E-state index contributed by atoms with van der Waals surface area (Å²) in [6.45, 7) is 1.93. The molecule has 1 heterocycles. The Kier molecular flexibility index (Phi) is 4.22. The van der Waals surface area contributed by atoms with Crippen molar-refractivity contribution in [3.05, 3.63) is 65.2 Å². The summed E-state index contributed by atoms with van der Waals surface area (Å²) in [6.07, 6.45) is 1.82. The summed E-state index contributed by atoms with van der Waals surface area (Å²) in [5, 5.41) is 4.30. The lowest BCUT2D eigenvalue weighted by atomic mass is 9.98. The second kappa shape index (κ2) is 6.58. The summed E-state index contributed by atoms with van der Waals surface area (Å²) in [7, 11) is 3.21. The Morgan fingerprint density at radius 3 is 2.59 bits per heavy atom. The van der Waals surface area contributed by atoms with Gasteiger partial charge in [0.15, 0.2) is 0 Å². The molecule has 1 saturated carbocycles. The van der Waals surface area contributed by atoms with Gasteiger partial charge in [0, 0.05) is 17.0 Å². The first-order valence-electron chi connectivity index (χ1n) is 8.98. The zero-order valence-electron chi connectivity index (χ0n) is 15.7. The number of aromatic nitrogens is 1. The molecule has 1 aliphatic rings. The van der Waals surface area contributed by atoms with Gasteiger partial charge in [-0.3, -0.25) is 4.79 Å². The number of nitrogens with zero attached hydrogens (tertiary/aromatic N) is 1. The number of amides is 1. The SMILES string of the molecule is COc1ccc(C)c(C(=O)NC2(c3cccc4nc(OC)ccc34)CC2)c1. The van der Waals surface area contributed by atoms with Gasteiger partial charge in [-0.05, 0) is 55.2 Å². The van der Waals surface area contributed by atoms with Crippen LogP contribution in [0.15, 0.2) is 48.5 Å². The molecule has 0 unspecified atom stereocenters. The second-order valence-corrected chi connectivity index (χ2v) is 6.94. The molecule has 1 fully saturated rings. The molecule has 0 spiro atoms. The van der Waals surface area contributed by atoms with E-state index in [2.05, 4.69) is 16.4 Å². The highest BCUT2D eigenvalue weighted by atomic mass is 16.5. The maximum Gasteiger partial charge on any atom is 0.252 e. The molecule has 0 bridgehead atoms. The van der Waals surface area contributed by atoms with E-state index in [0.717, 1.165) is 34.9 Å². The second-order valence-electron chi connectivity index (χ2n) is 6.94. The van der Waals surface area contributed by atoms with Gasteiger partial charge in [-0.15, -0.1) is 0 Å². The average Bonchev–Trinajstić information content (AvgIpc) is 3.47. The van der Waals surface area contributed by atoms with Crippen molar-refractivity contribution in [3.63, 3.8) is 0 Å². The van der Waals surface area contributed by atoms with Crippen LogP contribution in [0, 0.1) is 6.92 Å². The van der Waals surface area contributed by atoms with Gasteiger partial charge in [-0.25, -0.2) is 4.98 Å². The van der Waals surface area contributed by atoms with E-state index in [1.165, 1.54) is 0 Å². The quantitative estimate of drug-likeness (QED) is 0.746. The molecule has 3 aromatic rings. The summed E-state index contributed by atoms with van der Waals surface area (Å²) in [5.74, 6) is 1.18. The normalized spacial score (nSPS) is 14.6. The highest BCUT2D eigenvalue weighted by molar-refractivity contribution is 5.97. The maximum absolute atomic E-state index is 13.0. The number of pyridine rings is 1. The Bertz CT molecular complexity index is 1030. The van der Waals surface area contributed by atoms with Crippen molar-refractivity contribution >= 4 is 16.8 Å². The fourth-order valence-corrected chi connectivity index (χ4v) is 3.51. The Morgan fingerprint density at radius 1 is 1.07 bits per heavy atom. The van der Waals surface area contributed by atoms with Crippen LogP contribution in [-0.2, 0) is 5.54 Å². The number of hydrogen-bond donors (Lipinski definition) is 1. The van der Waals surface area contributed by atoms with Crippen LogP contribution in [-0.4, -0.2) is 25.1 Å². The lowest BCUT2D eigenvalue weighted by molar-refractivity contribution is 0.0930. The number of rotatable bonds is 5. The Balaban J connectivity index is 1.69. The van der Waals surface area contributed by atoms with Crippen molar-refractivity contribution in [2.75, 3.05) is 14.2 Å². The van der Waals surface area contributed by atoms with Crippen LogP contribution in [0.3, 0.4) is 0 Å². The molecule has 1 aromatic heterocycles. The number of carbonyl (C=O) groups excluding carboxylic acids is 1. The van der Waals surface area contributed by atoms with Crippen LogP contribution in [0.4, 0.5) is 0 Å². The van der Waals surface area contributed by atoms with Crippen molar-refractivity contribution in [1.29, 1.82) is 0 Å². The highest BCUT2D eigenvalue weighted by Crippen LogP contribution is 2.48. The number of hydrogen-bond acceptors (Lipinski definition) is 4. The molecule has 5 nitrogen and oxygen atoms in total. The van der Waals surface area contributed by atoms with E-state index in [9.17, 15) is 4.79 Å². The lowest BCUT2D eigenvalue weighted by Gasteiger charge is -2.21. The number of methoxy groups -OCH3 is 2. The van der Waals surface area contributed by atoms with Crippen LogP contribution >= 0.6 is 0 Å². The van der Waals surface area contributed by atoms with Crippen molar-refractivity contribution < 1.29 is 14.3 Å². The third-order valence-electron chi connectivity index (χ3n) is 5.22. The number of nitrogens with one attached hydrogen (secondary N) is 1. The molecule has 138 valence electrons. The minimum Gasteiger partial charge on any atom is -0.497 e. The number of benzene rings is 2. The van der Waals surface area contributed by atoms with Crippen molar-refractivity contribution in [2.45, 2.75) is 25.3 Å². The first-order chi connectivity index (χ1) is 13.1. The number of ether oxygens (including phenoxy) is 2. The van der Waals surface area contributed by atoms with Gasteiger partial charge in [0.2, 0.25) is 5.88 Å². The average molecular weight is 362 g/mol. The largest absolute Gasteiger partial charge is 0.497 e. The molecule has 4 rings (SSSR count). The van der Waals surface area contributed by atoms with Gasteiger partial charge in [0.05, 0.1) is 25.3 Å². The fourth-order valence-electron chi connectivity index (χ4n) is 3.51. The Hall–Kier alpha value is -3.08. The van der Waals surface area contributed by atoms with E-state index in [0.29, 0.717) is 17.2 Å². The van der Waals surface area contributed by atoms with Gasteiger partial charge < -0.3 is 14.8 Å². The van der Waals surface area contributed by atoms with E-state index >= 15 is 0 Å². The van der Waals surface area contributed by atoms with E-state index in [1.54, 1.807) is 20.3 Å². The summed E-state index contributed by atoms with van der Waals surface area (Å²) < 4.78 is 10.5. The first kappa shape index (κ1) is 17.3. The van der Waals surface area contributed by atoms with Crippen molar-refractivity contribution in [2.24, 2.45) is 0 Å².